The lowest BCUT2D eigenvalue weighted by Crippen LogP contribution is -2.43. The first-order valence-corrected chi connectivity index (χ1v) is 8.49. The molecule has 4 atom stereocenters. The summed E-state index contributed by atoms with van der Waals surface area (Å²) in [5.74, 6) is 3.41. The van der Waals surface area contributed by atoms with E-state index >= 15 is 0 Å². The fourth-order valence-electron chi connectivity index (χ4n) is 5.79. The molecule has 2 aliphatic carbocycles. The fourth-order valence-corrected chi connectivity index (χ4v) is 5.79. The lowest BCUT2D eigenvalue weighted by Gasteiger charge is -2.46. The summed E-state index contributed by atoms with van der Waals surface area (Å²) in [7, 11) is 0. The molecule has 2 nitrogen and oxygen atoms in total. The van der Waals surface area contributed by atoms with Crippen LogP contribution in [0.1, 0.15) is 61.5 Å². The van der Waals surface area contributed by atoms with Crippen molar-refractivity contribution in [3.63, 3.8) is 0 Å². The van der Waals surface area contributed by atoms with Crippen LogP contribution in [0.25, 0.3) is 0 Å². The van der Waals surface area contributed by atoms with E-state index in [1.54, 1.807) is 16.8 Å². The van der Waals surface area contributed by atoms with E-state index in [1.807, 2.05) is 0 Å². The normalized spacial score (nSPS) is 34.1. The molecule has 1 aromatic carbocycles. The molecule has 2 fully saturated rings. The minimum absolute atomic E-state index is 0. The molecule has 4 heteroatoms. The highest BCUT2D eigenvalue weighted by molar-refractivity contribution is 5.85. The Labute approximate surface area is 145 Å². The minimum Gasteiger partial charge on any atom is -0.399 e. The average molecular weight is 341 g/mol. The number of hydrogen-bond donors (Lipinski definition) is 1. The smallest absolute Gasteiger partial charge is 0.0438 e. The largest absolute Gasteiger partial charge is 0.399 e. The van der Waals surface area contributed by atoms with Gasteiger partial charge in [0.2, 0.25) is 0 Å². The number of anilines is 2. The third-order valence-corrected chi connectivity index (χ3v) is 6.53. The monoisotopic (exact) mass is 340 g/mol. The van der Waals surface area contributed by atoms with Crippen LogP contribution in [0.3, 0.4) is 0 Å². The van der Waals surface area contributed by atoms with E-state index in [0.717, 1.165) is 29.4 Å². The molecule has 1 aromatic rings. The van der Waals surface area contributed by atoms with E-state index in [1.165, 1.54) is 51.6 Å². The molecule has 0 aromatic heterocycles. The highest BCUT2D eigenvalue weighted by Gasteiger charge is 2.44. The predicted octanol–water partition coefficient (Wildman–Crippen LogP) is 4.71. The number of hydrogen-bond acceptors (Lipinski definition) is 2. The number of nitrogen functional groups attached to an aromatic ring is 1. The van der Waals surface area contributed by atoms with Gasteiger partial charge in [-0.05, 0) is 72.6 Å². The van der Waals surface area contributed by atoms with E-state index in [0.29, 0.717) is 0 Å². The molecule has 0 saturated heterocycles. The summed E-state index contributed by atoms with van der Waals surface area (Å²) in [6, 6.07) is 4.62. The number of fused-ring (bicyclic) bond motifs is 4. The van der Waals surface area contributed by atoms with Crippen LogP contribution < -0.4 is 10.6 Å². The molecule has 2 heterocycles. The first-order chi connectivity index (χ1) is 9.81. The third-order valence-electron chi connectivity index (χ3n) is 6.53. The van der Waals surface area contributed by atoms with E-state index in [9.17, 15) is 0 Å². The van der Waals surface area contributed by atoms with Crippen molar-refractivity contribution in [2.75, 3.05) is 23.7 Å². The summed E-state index contributed by atoms with van der Waals surface area (Å²) in [5.41, 5.74) is 12.1. The topological polar surface area (TPSA) is 29.3 Å². The average Bonchev–Trinajstić information content (AvgIpc) is 3.06. The molecule has 2 N–H and O–H groups in total. The van der Waals surface area contributed by atoms with Gasteiger partial charge in [0.1, 0.15) is 0 Å². The molecule has 2 saturated carbocycles. The lowest BCUT2D eigenvalue weighted by atomic mass is 9.75. The van der Waals surface area contributed by atoms with Crippen LogP contribution in [0.5, 0.6) is 0 Å². The number of benzene rings is 1. The highest BCUT2D eigenvalue weighted by atomic mass is 35.5. The van der Waals surface area contributed by atoms with Gasteiger partial charge in [0.15, 0.2) is 0 Å². The summed E-state index contributed by atoms with van der Waals surface area (Å²) in [5, 5.41) is 0. The van der Waals surface area contributed by atoms with Crippen molar-refractivity contribution in [1.29, 1.82) is 0 Å². The van der Waals surface area contributed by atoms with Gasteiger partial charge in [-0.3, -0.25) is 0 Å². The molecule has 5 rings (SSSR count). The van der Waals surface area contributed by atoms with E-state index in [4.69, 9.17) is 5.73 Å². The van der Waals surface area contributed by atoms with Gasteiger partial charge in [0, 0.05) is 24.5 Å². The van der Waals surface area contributed by atoms with E-state index in [2.05, 4.69) is 17.0 Å². The molecule has 2 aliphatic heterocycles. The summed E-state index contributed by atoms with van der Waals surface area (Å²) < 4.78 is 0. The van der Waals surface area contributed by atoms with Gasteiger partial charge in [-0.25, -0.2) is 0 Å². The minimum atomic E-state index is 0. The first kappa shape index (κ1) is 16.3. The maximum absolute atomic E-state index is 6.27. The van der Waals surface area contributed by atoms with Crippen molar-refractivity contribution in [2.24, 2.45) is 11.8 Å². The second kappa shape index (κ2) is 5.79. The fraction of sp³-hybridized carbons (Fsp3) is 0.667. The quantitative estimate of drug-likeness (QED) is 0.692. The molecule has 0 bridgehead atoms. The standard InChI is InChI=1S/C18H24N2.2ClH/c19-13-7-16-14-5-1-3-11(14)9-20-10-12-4-2-6-15(12)17(8-13)18(16)20;;/h7-8,11-12,14-15H,1-6,9-10,19H2;2*1H. The maximum atomic E-state index is 6.27. The van der Waals surface area contributed by atoms with Crippen LogP contribution >= 0.6 is 24.8 Å². The van der Waals surface area contributed by atoms with Crippen molar-refractivity contribution < 1.29 is 0 Å². The van der Waals surface area contributed by atoms with Gasteiger partial charge in [-0.15, -0.1) is 24.8 Å². The Morgan fingerprint density at radius 1 is 0.818 bits per heavy atom. The predicted molar refractivity (Wildman–Crippen MR) is 97.7 cm³/mol. The number of nitrogens with zero attached hydrogens (tertiary/aromatic N) is 1. The van der Waals surface area contributed by atoms with Gasteiger partial charge in [0.25, 0.3) is 0 Å². The third kappa shape index (κ3) is 2.14. The van der Waals surface area contributed by atoms with Crippen molar-refractivity contribution in [3.05, 3.63) is 23.3 Å². The van der Waals surface area contributed by atoms with Crippen LogP contribution in [0.15, 0.2) is 12.1 Å². The maximum Gasteiger partial charge on any atom is 0.0438 e. The number of nitrogens with two attached hydrogens (primary N) is 1. The Kier molecular flexibility index (Phi) is 4.28. The SMILES string of the molecule is Cl.Cl.Nc1cc2c3c(c1)C1CCCC1CN3CC1CCCC21. The Morgan fingerprint density at radius 2 is 1.32 bits per heavy atom. The molecule has 0 radical (unpaired) electrons. The zero-order valence-electron chi connectivity index (χ0n) is 13.0. The summed E-state index contributed by atoms with van der Waals surface area (Å²) in [4.78, 5) is 2.74. The second-order valence-electron chi connectivity index (χ2n) is 7.55. The van der Waals surface area contributed by atoms with Gasteiger partial charge in [-0.2, -0.15) is 0 Å². The molecular formula is C18H26Cl2N2. The van der Waals surface area contributed by atoms with Gasteiger partial charge < -0.3 is 10.6 Å². The second-order valence-corrected chi connectivity index (χ2v) is 7.55. The number of halogens is 2. The highest BCUT2D eigenvalue weighted by Crippen LogP contribution is 2.56. The van der Waals surface area contributed by atoms with Crippen LogP contribution in [0.4, 0.5) is 11.4 Å². The molecular weight excluding hydrogens is 315 g/mol. The molecule has 4 aliphatic rings. The van der Waals surface area contributed by atoms with Crippen LogP contribution in [-0.4, -0.2) is 13.1 Å². The lowest BCUT2D eigenvalue weighted by molar-refractivity contribution is 0.390. The summed E-state index contributed by atoms with van der Waals surface area (Å²) in [6.45, 7) is 2.63. The Bertz CT molecular complexity index is 529. The molecule has 122 valence electrons. The van der Waals surface area contributed by atoms with E-state index in [-0.39, 0.29) is 24.8 Å². The summed E-state index contributed by atoms with van der Waals surface area (Å²) >= 11 is 0. The Balaban J connectivity index is 0.000000720. The van der Waals surface area contributed by atoms with Crippen LogP contribution in [0, 0.1) is 11.8 Å². The van der Waals surface area contributed by atoms with Crippen molar-refractivity contribution in [2.45, 2.75) is 50.4 Å². The van der Waals surface area contributed by atoms with Crippen LogP contribution in [0.2, 0.25) is 0 Å². The molecule has 0 amide bonds. The molecule has 0 spiro atoms. The zero-order valence-corrected chi connectivity index (χ0v) is 14.6. The Morgan fingerprint density at radius 3 is 1.82 bits per heavy atom. The van der Waals surface area contributed by atoms with Crippen molar-refractivity contribution >= 4 is 36.2 Å². The zero-order chi connectivity index (χ0) is 13.3. The van der Waals surface area contributed by atoms with Crippen molar-refractivity contribution in [1.82, 2.24) is 0 Å². The summed E-state index contributed by atoms with van der Waals surface area (Å²) in [6.07, 6.45) is 8.47. The van der Waals surface area contributed by atoms with Gasteiger partial charge >= 0.3 is 0 Å². The van der Waals surface area contributed by atoms with Crippen LogP contribution in [-0.2, 0) is 0 Å². The first-order valence-electron chi connectivity index (χ1n) is 8.49. The molecule has 4 unspecified atom stereocenters. The Hall–Kier alpha value is -0.600. The van der Waals surface area contributed by atoms with E-state index < -0.39 is 0 Å². The van der Waals surface area contributed by atoms with Crippen molar-refractivity contribution in [3.8, 4) is 0 Å². The number of rotatable bonds is 0. The van der Waals surface area contributed by atoms with Gasteiger partial charge in [0.05, 0.1) is 0 Å². The van der Waals surface area contributed by atoms with Gasteiger partial charge in [-0.1, -0.05) is 12.8 Å². The molecule has 22 heavy (non-hydrogen) atoms.